The molecule has 0 atom stereocenters. The van der Waals surface area contributed by atoms with Gasteiger partial charge in [-0.25, -0.2) is 0 Å². The first kappa shape index (κ1) is 21.7. The highest BCUT2D eigenvalue weighted by molar-refractivity contribution is 6.00. The summed E-state index contributed by atoms with van der Waals surface area (Å²) in [6.07, 6.45) is 8.87. The van der Waals surface area contributed by atoms with Gasteiger partial charge in [0.05, 0.1) is 0 Å². The van der Waals surface area contributed by atoms with Crippen LogP contribution in [0.1, 0.15) is 60.8 Å². The molecule has 2 nitrogen and oxygen atoms in total. The molecule has 3 aromatic rings. The van der Waals surface area contributed by atoms with E-state index in [2.05, 4.69) is 89.1 Å². The van der Waals surface area contributed by atoms with Crippen molar-refractivity contribution >= 4 is 16.8 Å². The molecule has 0 aromatic heterocycles. The van der Waals surface area contributed by atoms with Crippen molar-refractivity contribution in [1.29, 1.82) is 0 Å². The van der Waals surface area contributed by atoms with Crippen molar-refractivity contribution in [1.82, 2.24) is 5.32 Å². The van der Waals surface area contributed by atoms with E-state index in [-0.39, 0.29) is 0 Å². The number of rotatable bonds is 3. The highest BCUT2D eigenvalue weighted by Crippen LogP contribution is 2.44. The van der Waals surface area contributed by atoms with Gasteiger partial charge in [-0.15, -0.1) is 0 Å². The fraction of sp³-hybridized carbons (Fsp3) is 0.375. The summed E-state index contributed by atoms with van der Waals surface area (Å²) < 4.78 is 0. The van der Waals surface area contributed by atoms with Gasteiger partial charge in [-0.1, -0.05) is 66.7 Å². The highest BCUT2D eigenvalue weighted by Gasteiger charge is 2.42. The van der Waals surface area contributed by atoms with Crippen LogP contribution in [0.3, 0.4) is 0 Å². The van der Waals surface area contributed by atoms with Gasteiger partial charge in [-0.2, -0.15) is 0 Å². The minimum Gasteiger partial charge on any atom is -0.370 e. The summed E-state index contributed by atoms with van der Waals surface area (Å²) in [6.45, 7) is 4.84. The predicted octanol–water partition coefficient (Wildman–Crippen LogP) is 6.95. The van der Waals surface area contributed by atoms with Gasteiger partial charge in [0, 0.05) is 24.2 Å². The fourth-order valence-corrected chi connectivity index (χ4v) is 6.51. The van der Waals surface area contributed by atoms with E-state index in [0.717, 1.165) is 12.8 Å². The number of allylic oxidation sites excluding steroid dienone is 1. The Morgan fingerprint density at radius 1 is 0.647 bits per heavy atom. The van der Waals surface area contributed by atoms with Crippen LogP contribution in [0.15, 0.2) is 78.9 Å². The molecule has 0 bridgehead atoms. The molecule has 1 aliphatic carbocycles. The maximum Gasteiger partial charge on any atom is 0.0367 e. The monoisotopic (exact) mass is 448 g/mol. The Labute approximate surface area is 204 Å². The minimum atomic E-state index is 0.560. The number of anilines is 1. The van der Waals surface area contributed by atoms with E-state index in [9.17, 15) is 0 Å². The lowest BCUT2D eigenvalue weighted by Crippen LogP contribution is -2.57. The van der Waals surface area contributed by atoms with Gasteiger partial charge in [-0.3, -0.25) is 0 Å². The second-order valence-electron chi connectivity index (χ2n) is 10.6. The van der Waals surface area contributed by atoms with Gasteiger partial charge < -0.3 is 10.2 Å². The zero-order chi connectivity index (χ0) is 22.8. The van der Waals surface area contributed by atoms with Gasteiger partial charge in [0.2, 0.25) is 0 Å². The molecule has 174 valence electrons. The largest absolute Gasteiger partial charge is 0.370 e. The molecule has 34 heavy (non-hydrogen) atoms. The van der Waals surface area contributed by atoms with Crippen molar-refractivity contribution in [3.8, 4) is 0 Å². The molecule has 0 unspecified atom stereocenters. The normalized spacial score (nSPS) is 20.2. The summed E-state index contributed by atoms with van der Waals surface area (Å²) in [5, 5.41) is 3.56. The molecule has 6 rings (SSSR count). The van der Waals surface area contributed by atoms with Gasteiger partial charge in [0.1, 0.15) is 0 Å². The molecule has 0 amide bonds. The number of hydrogen-bond donors (Lipinski definition) is 1. The van der Waals surface area contributed by atoms with Crippen molar-refractivity contribution in [3.63, 3.8) is 0 Å². The topological polar surface area (TPSA) is 15.3 Å². The number of nitrogens with zero attached hydrogens (tertiary/aromatic N) is 1. The molecule has 3 aromatic carbocycles. The number of hydrogen-bond acceptors (Lipinski definition) is 2. The molecule has 2 saturated heterocycles. The van der Waals surface area contributed by atoms with Crippen LogP contribution in [-0.2, 0) is 6.42 Å². The van der Waals surface area contributed by atoms with Crippen LogP contribution >= 0.6 is 0 Å². The summed E-state index contributed by atoms with van der Waals surface area (Å²) in [4.78, 5) is 2.60. The average molecular weight is 449 g/mol. The average Bonchev–Trinajstić information content (AvgIpc) is 3.04. The van der Waals surface area contributed by atoms with Crippen LogP contribution in [0.25, 0.3) is 11.1 Å². The summed E-state index contributed by atoms with van der Waals surface area (Å²) in [7, 11) is 0. The van der Waals surface area contributed by atoms with Crippen molar-refractivity contribution < 1.29 is 0 Å². The van der Waals surface area contributed by atoms with Crippen molar-refractivity contribution in [3.05, 3.63) is 101 Å². The number of fused-ring (bicyclic) bond motifs is 1. The molecule has 2 fully saturated rings. The molecule has 2 heterocycles. The molecule has 1 N–H and O–H groups in total. The van der Waals surface area contributed by atoms with E-state index in [1.54, 1.807) is 0 Å². The predicted molar refractivity (Wildman–Crippen MR) is 144 cm³/mol. The van der Waals surface area contributed by atoms with Crippen LogP contribution < -0.4 is 10.2 Å². The van der Waals surface area contributed by atoms with Crippen LogP contribution in [0.2, 0.25) is 0 Å². The molecule has 2 aliphatic heterocycles. The Morgan fingerprint density at radius 2 is 1.35 bits per heavy atom. The first-order chi connectivity index (χ1) is 16.8. The maximum absolute atomic E-state index is 3.56. The number of nitrogens with one attached hydrogen (secondary N) is 1. The lowest BCUT2D eigenvalue weighted by atomic mass is 9.71. The summed E-state index contributed by atoms with van der Waals surface area (Å²) >= 11 is 0. The smallest absolute Gasteiger partial charge is 0.0367 e. The molecule has 2 heteroatoms. The van der Waals surface area contributed by atoms with Crippen molar-refractivity contribution in [2.24, 2.45) is 5.41 Å². The molecule has 3 aliphatic rings. The molecule has 0 radical (unpaired) electrons. The van der Waals surface area contributed by atoms with E-state index in [1.807, 2.05) is 0 Å². The van der Waals surface area contributed by atoms with E-state index in [0.29, 0.717) is 5.41 Å². The van der Waals surface area contributed by atoms with Crippen LogP contribution in [0, 0.1) is 5.41 Å². The third-order valence-electron chi connectivity index (χ3n) is 8.28. The molecule has 0 saturated carbocycles. The van der Waals surface area contributed by atoms with Gasteiger partial charge in [0.15, 0.2) is 0 Å². The van der Waals surface area contributed by atoms with Gasteiger partial charge >= 0.3 is 0 Å². The lowest BCUT2D eigenvalue weighted by Gasteiger charge is -2.52. The summed E-state index contributed by atoms with van der Waals surface area (Å²) in [6, 6.07) is 29.6. The summed E-state index contributed by atoms with van der Waals surface area (Å²) in [5.41, 5.74) is 10.5. The van der Waals surface area contributed by atoms with Crippen molar-refractivity contribution in [2.45, 2.75) is 44.9 Å². The summed E-state index contributed by atoms with van der Waals surface area (Å²) in [5.74, 6) is 0. The molecular formula is C32H36N2. The van der Waals surface area contributed by atoms with Crippen LogP contribution in [0.4, 0.5) is 5.69 Å². The minimum absolute atomic E-state index is 0.560. The number of benzene rings is 3. The Balaban J connectivity index is 1.31. The third-order valence-corrected chi connectivity index (χ3v) is 8.28. The molecule has 1 spiro atoms. The molecular weight excluding hydrogens is 412 g/mol. The Hall–Kier alpha value is -2.84. The Morgan fingerprint density at radius 3 is 2.12 bits per heavy atom. The van der Waals surface area contributed by atoms with E-state index in [4.69, 9.17) is 0 Å². The Kier molecular flexibility index (Phi) is 6.01. The van der Waals surface area contributed by atoms with Crippen LogP contribution in [0.5, 0.6) is 0 Å². The Bertz CT molecular complexity index is 1140. The zero-order valence-electron chi connectivity index (χ0n) is 20.2. The lowest BCUT2D eigenvalue weighted by molar-refractivity contribution is 0.159. The van der Waals surface area contributed by atoms with Gasteiger partial charge in [0.25, 0.3) is 0 Å². The van der Waals surface area contributed by atoms with E-state index < -0.39 is 0 Å². The quantitative estimate of drug-likeness (QED) is 0.466. The first-order valence-corrected chi connectivity index (χ1v) is 13.2. The second-order valence-corrected chi connectivity index (χ2v) is 10.6. The van der Waals surface area contributed by atoms with E-state index >= 15 is 0 Å². The second kappa shape index (κ2) is 9.43. The SMILES string of the molecule is c1ccc(C2=C(c3ccc(N4CC5(CCCNCCC5)C4)cc3)c3ccccc3CCC2)cc1. The fourth-order valence-electron chi connectivity index (χ4n) is 6.51. The standard InChI is InChI=1S/C32H36N2/c1-2-9-25(10-3-1)30-14-6-12-26-11-4-5-13-29(26)31(30)27-15-17-28(18-16-27)34-23-32(24-34)19-7-21-33-22-8-20-32/h1-5,9-11,13,15-18,33H,6-8,12,14,19-24H2. The maximum atomic E-state index is 3.56. The third kappa shape index (κ3) is 4.20. The van der Waals surface area contributed by atoms with Crippen molar-refractivity contribution in [2.75, 3.05) is 31.1 Å². The van der Waals surface area contributed by atoms with E-state index in [1.165, 1.54) is 97.4 Å². The van der Waals surface area contributed by atoms with Gasteiger partial charge in [-0.05, 0) is 104 Å². The van der Waals surface area contributed by atoms with Crippen LogP contribution in [-0.4, -0.2) is 26.2 Å². The number of aryl methyl sites for hydroxylation is 1. The zero-order valence-corrected chi connectivity index (χ0v) is 20.2. The highest BCUT2D eigenvalue weighted by atomic mass is 15.2. The first-order valence-electron chi connectivity index (χ1n) is 13.2.